The Labute approximate surface area is 210 Å². The van der Waals surface area contributed by atoms with Crippen molar-refractivity contribution in [3.05, 3.63) is 81.8 Å². The van der Waals surface area contributed by atoms with Gasteiger partial charge in [-0.15, -0.1) is 11.3 Å². The van der Waals surface area contributed by atoms with Gasteiger partial charge in [0.2, 0.25) is 5.91 Å². The summed E-state index contributed by atoms with van der Waals surface area (Å²) in [5, 5.41) is 3.53. The maximum atomic E-state index is 12.8. The summed E-state index contributed by atoms with van der Waals surface area (Å²) in [6, 6.07) is 15.2. The first-order chi connectivity index (χ1) is 16.2. The molecule has 0 fully saturated rings. The molecule has 0 spiro atoms. The molecule has 0 saturated carbocycles. The number of hydrogen-bond acceptors (Lipinski definition) is 5. The molecule has 0 atom stereocenters. The third-order valence-electron chi connectivity index (χ3n) is 4.47. The first-order valence-electron chi connectivity index (χ1n) is 9.67. The molecule has 4 nitrogen and oxygen atoms in total. The van der Waals surface area contributed by atoms with Crippen LogP contribution in [0.3, 0.4) is 0 Å². The number of amides is 1. The van der Waals surface area contributed by atoms with Crippen molar-refractivity contribution in [2.24, 2.45) is 4.99 Å². The molecule has 1 amide bonds. The highest BCUT2D eigenvalue weighted by molar-refractivity contribution is 8.01. The standard InChI is InChI=1S/C23H14Cl2F3N3OS2/c24-15-5-4-13(18(25)9-15)11-29-16-6-7-19-20(10-16)34-22(31-19)33-12-21(32)30-17-3-1-2-14(8-17)23(26,27)28/h1-11H,12H2,(H,30,32). The summed E-state index contributed by atoms with van der Waals surface area (Å²) >= 11 is 14.7. The third-order valence-corrected chi connectivity index (χ3v) is 7.19. The second kappa shape index (κ2) is 10.4. The number of carbonyl (C=O) groups excluding carboxylic acids is 1. The lowest BCUT2D eigenvalue weighted by Crippen LogP contribution is -2.14. The number of benzene rings is 3. The van der Waals surface area contributed by atoms with E-state index in [0.717, 1.165) is 27.9 Å². The van der Waals surface area contributed by atoms with Crippen molar-refractivity contribution in [2.45, 2.75) is 10.5 Å². The highest BCUT2D eigenvalue weighted by Crippen LogP contribution is 2.33. The Hall–Kier alpha value is -2.59. The minimum absolute atomic E-state index is 0.0101. The van der Waals surface area contributed by atoms with Crippen LogP contribution in [0.5, 0.6) is 0 Å². The van der Waals surface area contributed by atoms with Crippen molar-refractivity contribution in [3.63, 3.8) is 0 Å². The van der Waals surface area contributed by atoms with E-state index in [9.17, 15) is 18.0 Å². The van der Waals surface area contributed by atoms with Gasteiger partial charge in [-0.3, -0.25) is 9.79 Å². The summed E-state index contributed by atoms with van der Waals surface area (Å²) in [7, 11) is 0. The van der Waals surface area contributed by atoms with Crippen LogP contribution in [-0.4, -0.2) is 22.9 Å². The second-order valence-electron chi connectivity index (χ2n) is 6.97. The summed E-state index contributed by atoms with van der Waals surface area (Å²) in [5.74, 6) is -0.412. The maximum absolute atomic E-state index is 12.8. The largest absolute Gasteiger partial charge is 0.416 e. The zero-order chi connectivity index (χ0) is 24.3. The summed E-state index contributed by atoms with van der Waals surface area (Å²) in [4.78, 5) is 21.1. The van der Waals surface area contributed by atoms with E-state index in [1.54, 1.807) is 24.4 Å². The summed E-state index contributed by atoms with van der Waals surface area (Å²) < 4.78 is 40.0. The van der Waals surface area contributed by atoms with Gasteiger partial charge in [-0.05, 0) is 48.5 Å². The molecular formula is C23H14Cl2F3N3OS2. The molecule has 0 aliphatic heterocycles. The molecular weight excluding hydrogens is 526 g/mol. The minimum Gasteiger partial charge on any atom is -0.325 e. The van der Waals surface area contributed by atoms with Crippen LogP contribution in [0.2, 0.25) is 10.0 Å². The van der Waals surface area contributed by atoms with Gasteiger partial charge in [-0.2, -0.15) is 13.2 Å². The number of nitrogens with zero attached hydrogens (tertiary/aromatic N) is 2. The van der Waals surface area contributed by atoms with Gasteiger partial charge in [0, 0.05) is 22.5 Å². The Balaban J connectivity index is 1.39. The highest BCUT2D eigenvalue weighted by atomic mass is 35.5. The number of halogens is 5. The zero-order valence-electron chi connectivity index (χ0n) is 17.1. The average molecular weight is 540 g/mol. The van der Waals surface area contributed by atoms with Gasteiger partial charge in [0.05, 0.1) is 32.2 Å². The van der Waals surface area contributed by atoms with E-state index < -0.39 is 17.6 Å². The van der Waals surface area contributed by atoms with Crippen LogP contribution in [0.4, 0.5) is 24.5 Å². The SMILES string of the molecule is O=C(CSc1nc2ccc(N=Cc3ccc(Cl)cc3Cl)cc2s1)Nc1cccc(C(F)(F)F)c1. The Kier molecular flexibility index (Phi) is 7.47. The van der Waals surface area contributed by atoms with Crippen LogP contribution in [0.25, 0.3) is 10.2 Å². The molecule has 11 heteroatoms. The molecule has 0 bridgehead atoms. The number of fused-ring (bicyclic) bond motifs is 1. The number of carbonyl (C=O) groups is 1. The molecule has 4 rings (SSSR count). The molecule has 1 heterocycles. The maximum Gasteiger partial charge on any atom is 0.416 e. The molecule has 1 N–H and O–H groups in total. The molecule has 0 radical (unpaired) electrons. The minimum atomic E-state index is -4.47. The van der Waals surface area contributed by atoms with Crippen LogP contribution < -0.4 is 5.32 Å². The van der Waals surface area contributed by atoms with Crippen molar-refractivity contribution in [1.82, 2.24) is 4.98 Å². The van der Waals surface area contributed by atoms with Gasteiger partial charge in [0.15, 0.2) is 4.34 Å². The molecule has 174 valence electrons. The van der Waals surface area contributed by atoms with Crippen molar-refractivity contribution < 1.29 is 18.0 Å². The lowest BCUT2D eigenvalue weighted by atomic mass is 10.2. The van der Waals surface area contributed by atoms with Crippen LogP contribution in [0.15, 0.2) is 70.0 Å². The number of alkyl halides is 3. The number of aromatic nitrogens is 1. The van der Waals surface area contributed by atoms with Crippen molar-refractivity contribution in [2.75, 3.05) is 11.1 Å². The first-order valence-corrected chi connectivity index (χ1v) is 12.2. The van der Waals surface area contributed by atoms with Gasteiger partial charge >= 0.3 is 6.18 Å². The van der Waals surface area contributed by atoms with Gasteiger partial charge in [-0.25, -0.2) is 4.98 Å². The molecule has 0 aliphatic rings. The predicted octanol–water partition coefficient (Wildman–Crippen LogP) is 8.10. The first kappa shape index (κ1) is 24.5. The van der Waals surface area contributed by atoms with Gasteiger partial charge in [0.1, 0.15) is 0 Å². The number of anilines is 1. The quantitative estimate of drug-likeness (QED) is 0.199. The van der Waals surface area contributed by atoms with E-state index in [0.29, 0.717) is 20.1 Å². The smallest absolute Gasteiger partial charge is 0.325 e. The van der Waals surface area contributed by atoms with Crippen LogP contribution >= 0.6 is 46.3 Å². The van der Waals surface area contributed by atoms with E-state index in [1.165, 1.54) is 35.2 Å². The molecule has 0 aliphatic carbocycles. The van der Waals surface area contributed by atoms with Crippen molar-refractivity contribution >= 4 is 80.0 Å². The third kappa shape index (κ3) is 6.29. The lowest BCUT2D eigenvalue weighted by molar-refractivity contribution is -0.137. The Bertz CT molecular complexity index is 1390. The van der Waals surface area contributed by atoms with E-state index in [2.05, 4.69) is 15.3 Å². The fourth-order valence-electron chi connectivity index (χ4n) is 2.88. The summed E-state index contributed by atoms with van der Waals surface area (Å²) in [6.07, 6.45) is -2.82. The monoisotopic (exact) mass is 539 g/mol. The second-order valence-corrected chi connectivity index (χ2v) is 10.1. The molecule has 1 aromatic heterocycles. The van der Waals surface area contributed by atoms with E-state index in [-0.39, 0.29) is 11.4 Å². The molecule has 4 aromatic rings. The summed E-state index contributed by atoms with van der Waals surface area (Å²) in [6.45, 7) is 0. The van der Waals surface area contributed by atoms with Gasteiger partial charge in [0.25, 0.3) is 0 Å². The highest BCUT2D eigenvalue weighted by Gasteiger charge is 2.30. The topological polar surface area (TPSA) is 54.4 Å². The summed E-state index contributed by atoms with van der Waals surface area (Å²) in [5.41, 5.74) is 1.47. The Morgan fingerprint density at radius 1 is 1.12 bits per heavy atom. The predicted molar refractivity (Wildman–Crippen MR) is 134 cm³/mol. The van der Waals surface area contributed by atoms with Crippen molar-refractivity contribution in [3.8, 4) is 0 Å². The molecule has 0 saturated heterocycles. The number of rotatable bonds is 6. The zero-order valence-corrected chi connectivity index (χ0v) is 20.2. The number of thioether (sulfide) groups is 1. The lowest BCUT2D eigenvalue weighted by Gasteiger charge is -2.09. The number of nitrogens with one attached hydrogen (secondary N) is 1. The molecule has 34 heavy (non-hydrogen) atoms. The van der Waals surface area contributed by atoms with Gasteiger partial charge < -0.3 is 5.32 Å². The number of aliphatic imine (C=N–C) groups is 1. The normalized spacial score (nSPS) is 11.9. The Morgan fingerprint density at radius 3 is 2.71 bits per heavy atom. The van der Waals surface area contributed by atoms with Gasteiger partial charge in [-0.1, -0.05) is 47.1 Å². The van der Waals surface area contributed by atoms with Crippen LogP contribution in [0, 0.1) is 0 Å². The molecule has 0 unspecified atom stereocenters. The fourth-order valence-corrected chi connectivity index (χ4v) is 5.24. The molecule has 3 aromatic carbocycles. The van der Waals surface area contributed by atoms with Crippen molar-refractivity contribution in [1.29, 1.82) is 0 Å². The average Bonchev–Trinajstić information content (AvgIpc) is 3.19. The van der Waals surface area contributed by atoms with Crippen LogP contribution in [-0.2, 0) is 11.0 Å². The Morgan fingerprint density at radius 2 is 1.94 bits per heavy atom. The number of hydrogen-bond donors (Lipinski definition) is 1. The van der Waals surface area contributed by atoms with E-state index in [4.69, 9.17) is 23.2 Å². The fraction of sp³-hybridized carbons (Fsp3) is 0.0870. The van der Waals surface area contributed by atoms with Crippen LogP contribution in [0.1, 0.15) is 11.1 Å². The number of thiazole rings is 1. The van der Waals surface area contributed by atoms with E-state index in [1.807, 2.05) is 18.2 Å². The van der Waals surface area contributed by atoms with E-state index >= 15 is 0 Å².